The van der Waals surface area contributed by atoms with E-state index < -0.39 is 0 Å². The number of hydrogen-bond acceptors (Lipinski definition) is 6. The Morgan fingerprint density at radius 3 is 2.61 bits per heavy atom. The molecule has 9 heteroatoms. The number of aryl methyl sites for hydroxylation is 2. The summed E-state index contributed by atoms with van der Waals surface area (Å²) in [6, 6.07) is 19.2. The van der Waals surface area contributed by atoms with Crippen molar-refractivity contribution in [1.82, 2.24) is 24.8 Å². The van der Waals surface area contributed by atoms with Gasteiger partial charge >= 0.3 is 0 Å². The fourth-order valence-electron chi connectivity index (χ4n) is 3.95. The quantitative estimate of drug-likeness (QED) is 0.325. The zero-order chi connectivity index (χ0) is 24.9. The number of fused-ring (bicyclic) bond motifs is 1. The maximum atomic E-state index is 13.0. The van der Waals surface area contributed by atoms with Crippen LogP contribution >= 0.6 is 11.3 Å². The van der Waals surface area contributed by atoms with Gasteiger partial charge in [-0.2, -0.15) is 0 Å². The van der Waals surface area contributed by atoms with Gasteiger partial charge in [0.15, 0.2) is 0 Å². The van der Waals surface area contributed by atoms with Gasteiger partial charge in [0.2, 0.25) is 5.91 Å². The molecule has 3 heterocycles. The lowest BCUT2D eigenvalue weighted by Crippen LogP contribution is -2.23. The van der Waals surface area contributed by atoms with Crippen LogP contribution in [0.5, 0.6) is 0 Å². The van der Waals surface area contributed by atoms with Crippen LogP contribution in [0.25, 0.3) is 21.6 Å². The van der Waals surface area contributed by atoms with Crippen molar-refractivity contribution in [2.75, 3.05) is 5.32 Å². The number of benzene rings is 2. The zero-order valence-electron chi connectivity index (χ0n) is 19.6. The molecule has 0 unspecified atom stereocenters. The van der Waals surface area contributed by atoms with E-state index in [0.717, 1.165) is 27.5 Å². The number of carbonyl (C=O) groups excluding carboxylic acids is 2. The minimum atomic E-state index is -0.263. The average Bonchev–Trinajstić information content (AvgIpc) is 3.54. The molecule has 8 nitrogen and oxygen atoms in total. The molecule has 0 aliphatic rings. The number of carbonyl (C=O) groups is 2. The molecule has 0 fully saturated rings. The third kappa shape index (κ3) is 5.31. The van der Waals surface area contributed by atoms with E-state index in [1.165, 1.54) is 18.3 Å². The summed E-state index contributed by atoms with van der Waals surface area (Å²) in [5, 5.41) is 8.64. The summed E-state index contributed by atoms with van der Waals surface area (Å²) in [6.07, 6.45) is 4.21. The minimum Gasteiger partial charge on any atom is -0.346 e. The lowest BCUT2D eigenvalue weighted by molar-refractivity contribution is -0.114. The Hall–Kier alpha value is -4.37. The molecular formula is C27H24N6O2S. The Balaban J connectivity index is 1.34. The Kier molecular flexibility index (Phi) is 6.81. The van der Waals surface area contributed by atoms with Crippen molar-refractivity contribution in [1.29, 1.82) is 0 Å². The normalized spacial score (nSPS) is 10.9. The van der Waals surface area contributed by atoms with Crippen molar-refractivity contribution in [3.05, 3.63) is 95.5 Å². The number of thiazole rings is 1. The highest BCUT2D eigenvalue weighted by Gasteiger charge is 2.16. The second kappa shape index (κ2) is 10.5. The molecule has 0 spiro atoms. The standard InChI is InChI=1S/C27H24N6O2S/c1-18(34)31-24-14-20(13-23-25(24)33(17-30-23)12-10-21-9-5-6-11-28-21)26(35)29-15-22-16-36-27(32-22)19-7-3-2-4-8-19/h2-9,11,13-14,16-17H,10,12,15H2,1H3,(H,29,35)(H,31,34). The number of hydrogen-bond donors (Lipinski definition) is 2. The number of nitrogens with zero attached hydrogens (tertiary/aromatic N) is 4. The average molecular weight is 497 g/mol. The third-order valence-corrected chi connectivity index (χ3v) is 6.56. The van der Waals surface area contributed by atoms with Crippen LogP contribution < -0.4 is 10.6 Å². The van der Waals surface area contributed by atoms with E-state index >= 15 is 0 Å². The van der Waals surface area contributed by atoms with Crippen LogP contribution in [-0.4, -0.2) is 31.3 Å². The first kappa shape index (κ1) is 23.4. The van der Waals surface area contributed by atoms with Gasteiger partial charge in [-0.25, -0.2) is 9.97 Å². The molecular weight excluding hydrogens is 472 g/mol. The van der Waals surface area contributed by atoms with Crippen molar-refractivity contribution in [3.8, 4) is 10.6 Å². The molecule has 0 bridgehead atoms. The Morgan fingerprint density at radius 1 is 1.00 bits per heavy atom. The van der Waals surface area contributed by atoms with Gasteiger partial charge in [-0.15, -0.1) is 11.3 Å². The van der Waals surface area contributed by atoms with Crippen molar-refractivity contribution in [3.63, 3.8) is 0 Å². The molecule has 0 saturated carbocycles. The van der Waals surface area contributed by atoms with Crippen LogP contribution in [0.2, 0.25) is 0 Å². The number of rotatable bonds is 8. The zero-order valence-corrected chi connectivity index (χ0v) is 20.5. The second-order valence-electron chi connectivity index (χ2n) is 8.27. The van der Waals surface area contributed by atoms with Crippen molar-refractivity contribution < 1.29 is 9.59 Å². The summed E-state index contributed by atoms with van der Waals surface area (Å²) in [7, 11) is 0. The highest BCUT2D eigenvalue weighted by molar-refractivity contribution is 7.13. The molecule has 2 amide bonds. The highest BCUT2D eigenvalue weighted by Crippen LogP contribution is 2.26. The summed E-state index contributed by atoms with van der Waals surface area (Å²) in [5.41, 5.74) is 5.16. The van der Waals surface area contributed by atoms with E-state index in [0.29, 0.717) is 36.3 Å². The number of imidazole rings is 1. The van der Waals surface area contributed by atoms with Crippen LogP contribution in [0.3, 0.4) is 0 Å². The van der Waals surface area contributed by atoms with Gasteiger partial charge in [0.05, 0.1) is 35.3 Å². The first-order valence-electron chi connectivity index (χ1n) is 11.5. The molecule has 180 valence electrons. The van der Waals surface area contributed by atoms with Crippen molar-refractivity contribution in [2.45, 2.75) is 26.4 Å². The predicted octanol–water partition coefficient (Wildman–Crippen LogP) is 4.69. The monoisotopic (exact) mass is 496 g/mol. The summed E-state index contributed by atoms with van der Waals surface area (Å²) in [5.74, 6) is -0.483. The maximum Gasteiger partial charge on any atom is 0.251 e. The molecule has 5 aromatic rings. The van der Waals surface area contributed by atoms with Gasteiger partial charge in [0.25, 0.3) is 5.91 Å². The second-order valence-corrected chi connectivity index (χ2v) is 9.13. The van der Waals surface area contributed by atoms with E-state index in [1.807, 2.05) is 58.5 Å². The minimum absolute atomic E-state index is 0.220. The highest BCUT2D eigenvalue weighted by atomic mass is 32.1. The van der Waals surface area contributed by atoms with Crippen LogP contribution in [0.4, 0.5) is 5.69 Å². The molecule has 0 aliphatic heterocycles. The van der Waals surface area contributed by atoms with Crippen LogP contribution in [0.15, 0.2) is 78.6 Å². The van der Waals surface area contributed by atoms with Gasteiger partial charge in [-0.05, 0) is 24.3 Å². The van der Waals surface area contributed by atoms with Gasteiger partial charge in [0, 0.05) is 48.3 Å². The van der Waals surface area contributed by atoms with Crippen LogP contribution in [0.1, 0.15) is 28.7 Å². The van der Waals surface area contributed by atoms with Crippen LogP contribution in [0, 0.1) is 0 Å². The SMILES string of the molecule is CC(=O)Nc1cc(C(=O)NCc2csc(-c3ccccc3)n2)cc2ncn(CCc3ccccn3)c12. The lowest BCUT2D eigenvalue weighted by Gasteiger charge is -2.11. The maximum absolute atomic E-state index is 13.0. The van der Waals surface area contributed by atoms with Gasteiger partial charge in [-0.1, -0.05) is 36.4 Å². The molecule has 0 atom stereocenters. The molecule has 36 heavy (non-hydrogen) atoms. The summed E-state index contributed by atoms with van der Waals surface area (Å²) < 4.78 is 1.97. The van der Waals surface area contributed by atoms with E-state index in [9.17, 15) is 9.59 Å². The fraction of sp³-hybridized carbons (Fsp3) is 0.148. The number of aromatic nitrogens is 4. The van der Waals surface area contributed by atoms with E-state index in [1.54, 1.807) is 24.7 Å². The van der Waals surface area contributed by atoms with E-state index in [-0.39, 0.29) is 11.8 Å². The number of nitrogens with one attached hydrogen (secondary N) is 2. The molecule has 0 radical (unpaired) electrons. The van der Waals surface area contributed by atoms with Crippen molar-refractivity contribution >= 4 is 39.9 Å². The Bertz CT molecular complexity index is 1510. The molecule has 0 saturated heterocycles. The molecule has 2 N–H and O–H groups in total. The fourth-order valence-corrected chi connectivity index (χ4v) is 4.78. The predicted molar refractivity (Wildman–Crippen MR) is 141 cm³/mol. The summed E-state index contributed by atoms with van der Waals surface area (Å²) >= 11 is 1.54. The summed E-state index contributed by atoms with van der Waals surface area (Å²) in [6.45, 7) is 2.38. The Labute approximate surface area is 212 Å². The lowest BCUT2D eigenvalue weighted by atomic mass is 10.1. The van der Waals surface area contributed by atoms with Gasteiger partial charge in [-0.3, -0.25) is 14.6 Å². The number of amides is 2. The molecule has 2 aromatic carbocycles. The first-order chi connectivity index (χ1) is 17.6. The smallest absolute Gasteiger partial charge is 0.251 e. The topological polar surface area (TPSA) is 102 Å². The Morgan fingerprint density at radius 2 is 1.83 bits per heavy atom. The molecule has 0 aliphatic carbocycles. The summed E-state index contributed by atoms with van der Waals surface area (Å²) in [4.78, 5) is 38.4. The first-order valence-corrected chi connectivity index (χ1v) is 12.4. The number of anilines is 1. The van der Waals surface area contributed by atoms with Gasteiger partial charge in [0.1, 0.15) is 5.01 Å². The largest absolute Gasteiger partial charge is 0.346 e. The van der Waals surface area contributed by atoms with Crippen molar-refractivity contribution in [2.24, 2.45) is 0 Å². The van der Waals surface area contributed by atoms with E-state index in [4.69, 9.17) is 0 Å². The van der Waals surface area contributed by atoms with Crippen LogP contribution in [-0.2, 0) is 24.3 Å². The van der Waals surface area contributed by atoms with Gasteiger partial charge < -0.3 is 15.2 Å². The number of pyridine rings is 1. The molecule has 3 aromatic heterocycles. The van der Waals surface area contributed by atoms with E-state index in [2.05, 4.69) is 25.6 Å². The third-order valence-electron chi connectivity index (χ3n) is 5.62. The molecule has 5 rings (SSSR count).